The lowest BCUT2D eigenvalue weighted by atomic mass is 10.3. The van der Waals surface area contributed by atoms with Gasteiger partial charge in [-0.15, -0.1) is 11.6 Å². The molecule has 1 unspecified atom stereocenters. The average molecular weight is 340 g/mol. The van der Waals surface area contributed by atoms with Gasteiger partial charge >= 0.3 is 6.09 Å². The van der Waals surface area contributed by atoms with E-state index in [1.807, 2.05) is 24.3 Å². The predicted molar refractivity (Wildman–Crippen MR) is 69.4 cm³/mol. The Balaban J connectivity index is 2.41. The molecule has 0 fully saturated rings. The fourth-order valence-electron chi connectivity index (χ4n) is 0.878. The molecule has 0 radical (unpaired) electrons. The van der Waals surface area contributed by atoms with E-state index in [9.17, 15) is 4.79 Å². The molecule has 0 spiro atoms. The van der Waals surface area contributed by atoms with Gasteiger partial charge in [-0.05, 0) is 53.8 Å². The normalized spacial score (nSPS) is 11.9. The molecule has 1 amide bonds. The first-order valence-corrected chi connectivity index (χ1v) is 5.93. The summed E-state index contributed by atoms with van der Waals surface area (Å²) in [6.45, 7) is 1.97. The SMILES string of the molecule is CC(Cl)COC(=O)Nc1ccc(I)cc1. The molecule has 0 saturated carbocycles. The lowest BCUT2D eigenvalue weighted by Gasteiger charge is -2.07. The van der Waals surface area contributed by atoms with Crippen molar-refractivity contribution in [2.45, 2.75) is 12.3 Å². The maximum absolute atomic E-state index is 11.2. The first kappa shape index (κ1) is 12.6. The number of rotatable bonds is 3. The molecule has 82 valence electrons. The van der Waals surface area contributed by atoms with Crippen LogP contribution in [0.1, 0.15) is 6.92 Å². The van der Waals surface area contributed by atoms with E-state index in [1.165, 1.54) is 0 Å². The number of carbonyl (C=O) groups excluding carboxylic acids is 1. The van der Waals surface area contributed by atoms with Crippen LogP contribution in [-0.4, -0.2) is 18.1 Å². The minimum absolute atomic E-state index is 0.174. The smallest absolute Gasteiger partial charge is 0.411 e. The molecular weight excluding hydrogens is 328 g/mol. The van der Waals surface area contributed by atoms with Crippen molar-refractivity contribution in [2.75, 3.05) is 11.9 Å². The molecule has 1 atom stereocenters. The highest BCUT2D eigenvalue weighted by molar-refractivity contribution is 14.1. The Hall–Kier alpha value is -0.490. The number of amides is 1. The summed E-state index contributed by atoms with van der Waals surface area (Å²) >= 11 is 7.83. The second-order valence-corrected chi connectivity index (χ2v) is 5.00. The lowest BCUT2D eigenvalue weighted by molar-refractivity contribution is 0.162. The van der Waals surface area contributed by atoms with Crippen LogP contribution in [-0.2, 0) is 4.74 Å². The van der Waals surface area contributed by atoms with E-state index in [1.54, 1.807) is 6.92 Å². The second-order valence-electron chi connectivity index (χ2n) is 3.01. The van der Waals surface area contributed by atoms with Gasteiger partial charge in [-0.2, -0.15) is 0 Å². The molecule has 1 rings (SSSR count). The summed E-state index contributed by atoms with van der Waals surface area (Å²) in [6, 6.07) is 7.43. The summed E-state index contributed by atoms with van der Waals surface area (Å²) in [4.78, 5) is 11.2. The Morgan fingerprint density at radius 1 is 1.53 bits per heavy atom. The molecule has 1 N–H and O–H groups in total. The third-order valence-corrected chi connectivity index (χ3v) is 2.38. The van der Waals surface area contributed by atoms with Crippen LogP contribution in [0.5, 0.6) is 0 Å². The quantitative estimate of drug-likeness (QED) is 0.676. The zero-order chi connectivity index (χ0) is 11.3. The largest absolute Gasteiger partial charge is 0.448 e. The van der Waals surface area contributed by atoms with Gasteiger partial charge in [0.1, 0.15) is 6.61 Å². The monoisotopic (exact) mass is 339 g/mol. The van der Waals surface area contributed by atoms with Crippen LogP contribution in [0.3, 0.4) is 0 Å². The van der Waals surface area contributed by atoms with E-state index in [0.717, 1.165) is 3.57 Å². The minimum atomic E-state index is -0.483. The van der Waals surface area contributed by atoms with Crippen LogP contribution in [0.4, 0.5) is 10.5 Å². The third kappa shape index (κ3) is 5.22. The fourth-order valence-corrected chi connectivity index (χ4v) is 1.30. The van der Waals surface area contributed by atoms with E-state index in [-0.39, 0.29) is 12.0 Å². The molecule has 5 heteroatoms. The van der Waals surface area contributed by atoms with Gasteiger partial charge in [0.15, 0.2) is 0 Å². The van der Waals surface area contributed by atoms with Crippen molar-refractivity contribution in [3.8, 4) is 0 Å². The minimum Gasteiger partial charge on any atom is -0.448 e. The number of benzene rings is 1. The molecule has 0 aliphatic carbocycles. The first-order chi connectivity index (χ1) is 7.08. The number of halogens is 2. The maximum atomic E-state index is 11.2. The molecule has 0 heterocycles. The van der Waals surface area contributed by atoms with Gasteiger partial charge in [0.25, 0.3) is 0 Å². The van der Waals surface area contributed by atoms with Gasteiger partial charge in [0.05, 0.1) is 5.38 Å². The standard InChI is InChI=1S/C10H11ClINO2/c1-7(11)6-15-10(14)13-9-4-2-8(12)3-5-9/h2-5,7H,6H2,1H3,(H,13,14). The maximum Gasteiger partial charge on any atom is 0.411 e. The van der Waals surface area contributed by atoms with Gasteiger partial charge in [-0.25, -0.2) is 4.79 Å². The van der Waals surface area contributed by atoms with Gasteiger partial charge in [-0.1, -0.05) is 0 Å². The van der Waals surface area contributed by atoms with Crippen molar-refractivity contribution < 1.29 is 9.53 Å². The number of hydrogen-bond acceptors (Lipinski definition) is 2. The number of anilines is 1. The molecule has 0 aliphatic rings. The highest BCUT2D eigenvalue weighted by Crippen LogP contribution is 2.11. The van der Waals surface area contributed by atoms with Crippen molar-refractivity contribution in [3.63, 3.8) is 0 Å². The summed E-state index contributed by atoms with van der Waals surface area (Å²) in [6.07, 6.45) is -0.483. The Kier molecular flexibility index (Phi) is 5.17. The number of alkyl halides is 1. The molecule has 1 aromatic rings. The summed E-state index contributed by atoms with van der Waals surface area (Å²) < 4.78 is 5.97. The third-order valence-electron chi connectivity index (χ3n) is 1.53. The van der Waals surface area contributed by atoms with E-state index < -0.39 is 6.09 Å². The molecule has 15 heavy (non-hydrogen) atoms. The van der Waals surface area contributed by atoms with Crippen molar-refractivity contribution >= 4 is 46.0 Å². The molecule has 0 aliphatic heterocycles. The zero-order valence-electron chi connectivity index (χ0n) is 8.17. The summed E-state index contributed by atoms with van der Waals surface area (Å²) in [5.41, 5.74) is 0.711. The Labute approximate surface area is 107 Å². The van der Waals surface area contributed by atoms with E-state index >= 15 is 0 Å². The van der Waals surface area contributed by atoms with Gasteiger partial charge in [-0.3, -0.25) is 5.32 Å². The van der Waals surface area contributed by atoms with Crippen LogP contribution in [0.25, 0.3) is 0 Å². The zero-order valence-corrected chi connectivity index (χ0v) is 11.1. The first-order valence-electron chi connectivity index (χ1n) is 4.41. The number of hydrogen-bond donors (Lipinski definition) is 1. The van der Waals surface area contributed by atoms with Crippen molar-refractivity contribution in [1.82, 2.24) is 0 Å². The van der Waals surface area contributed by atoms with Crippen molar-refractivity contribution in [1.29, 1.82) is 0 Å². The Bertz CT molecular complexity index is 327. The average Bonchev–Trinajstić information content (AvgIpc) is 2.19. The predicted octanol–water partition coefficient (Wildman–Crippen LogP) is 3.47. The van der Waals surface area contributed by atoms with Gasteiger partial charge < -0.3 is 4.74 Å². The van der Waals surface area contributed by atoms with Crippen molar-refractivity contribution in [3.05, 3.63) is 27.8 Å². The molecule has 3 nitrogen and oxygen atoms in total. The van der Waals surface area contributed by atoms with E-state index in [0.29, 0.717) is 5.69 Å². The molecule has 0 bridgehead atoms. The number of ether oxygens (including phenoxy) is 1. The molecule has 0 aromatic heterocycles. The summed E-state index contributed by atoms with van der Waals surface area (Å²) in [7, 11) is 0. The van der Waals surface area contributed by atoms with Crippen LogP contribution in [0.2, 0.25) is 0 Å². The van der Waals surface area contributed by atoms with Crippen LogP contribution < -0.4 is 5.32 Å². The molecule has 0 saturated heterocycles. The van der Waals surface area contributed by atoms with Gasteiger partial charge in [0.2, 0.25) is 0 Å². The van der Waals surface area contributed by atoms with Gasteiger partial charge in [0, 0.05) is 9.26 Å². The highest BCUT2D eigenvalue weighted by Gasteiger charge is 2.04. The number of nitrogens with one attached hydrogen (secondary N) is 1. The summed E-state index contributed by atoms with van der Waals surface area (Å²) in [5, 5.41) is 2.43. The van der Waals surface area contributed by atoms with Crippen LogP contribution in [0, 0.1) is 3.57 Å². The summed E-state index contributed by atoms with van der Waals surface area (Å²) in [5.74, 6) is 0. The second kappa shape index (κ2) is 6.17. The topological polar surface area (TPSA) is 38.3 Å². The van der Waals surface area contributed by atoms with Crippen LogP contribution >= 0.6 is 34.2 Å². The Morgan fingerprint density at radius 3 is 2.67 bits per heavy atom. The number of carbonyl (C=O) groups is 1. The lowest BCUT2D eigenvalue weighted by Crippen LogP contribution is -2.17. The molecule has 1 aromatic carbocycles. The highest BCUT2D eigenvalue weighted by atomic mass is 127. The molecular formula is C10H11ClINO2. The van der Waals surface area contributed by atoms with Crippen molar-refractivity contribution in [2.24, 2.45) is 0 Å². The van der Waals surface area contributed by atoms with E-state index in [2.05, 4.69) is 27.9 Å². The van der Waals surface area contributed by atoms with E-state index in [4.69, 9.17) is 16.3 Å². The Morgan fingerprint density at radius 2 is 2.13 bits per heavy atom. The van der Waals surface area contributed by atoms with Crippen LogP contribution in [0.15, 0.2) is 24.3 Å². The fraction of sp³-hybridized carbons (Fsp3) is 0.300.